The van der Waals surface area contributed by atoms with E-state index in [1.54, 1.807) is 12.1 Å². The molecular formula is C11H14BNO2. The van der Waals surface area contributed by atoms with Crippen LogP contribution in [-0.2, 0) is 5.41 Å². The molecule has 0 atom stereocenters. The van der Waals surface area contributed by atoms with E-state index in [1.807, 2.05) is 26.8 Å². The summed E-state index contributed by atoms with van der Waals surface area (Å²) in [6.07, 6.45) is 0. The molecule has 0 spiro atoms. The first-order chi connectivity index (χ1) is 6.86. The lowest BCUT2D eigenvalue weighted by molar-refractivity contribution is 0.424. The van der Waals surface area contributed by atoms with Crippen molar-refractivity contribution in [3.63, 3.8) is 0 Å². The van der Waals surface area contributed by atoms with Gasteiger partial charge in [0.05, 0.1) is 11.6 Å². The predicted molar refractivity (Wildman–Crippen MR) is 59.7 cm³/mol. The van der Waals surface area contributed by atoms with Crippen molar-refractivity contribution in [2.75, 3.05) is 0 Å². The molecular weight excluding hydrogens is 189 g/mol. The highest BCUT2D eigenvalue weighted by molar-refractivity contribution is 6.59. The van der Waals surface area contributed by atoms with E-state index in [4.69, 9.17) is 5.26 Å². The first-order valence-corrected chi connectivity index (χ1v) is 4.77. The molecule has 0 aliphatic carbocycles. The highest BCUT2D eigenvalue weighted by Crippen LogP contribution is 2.20. The molecule has 0 amide bonds. The number of rotatable bonds is 1. The minimum atomic E-state index is -1.53. The van der Waals surface area contributed by atoms with Crippen molar-refractivity contribution in [1.29, 1.82) is 5.26 Å². The van der Waals surface area contributed by atoms with Crippen molar-refractivity contribution in [2.24, 2.45) is 0 Å². The summed E-state index contributed by atoms with van der Waals surface area (Å²) < 4.78 is 0. The van der Waals surface area contributed by atoms with Gasteiger partial charge in [-0.15, -0.1) is 0 Å². The molecule has 0 fully saturated rings. The van der Waals surface area contributed by atoms with E-state index in [1.165, 1.54) is 6.07 Å². The van der Waals surface area contributed by atoms with Crippen molar-refractivity contribution >= 4 is 12.6 Å². The highest BCUT2D eigenvalue weighted by atomic mass is 16.4. The van der Waals surface area contributed by atoms with E-state index in [2.05, 4.69) is 0 Å². The third-order valence-electron chi connectivity index (χ3n) is 2.27. The maximum absolute atomic E-state index is 9.23. The van der Waals surface area contributed by atoms with Gasteiger partial charge in [-0.05, 0) is 28.6 Å². The van der Waals surface area contributed by atoms with Crippen LogP contribution in [0.2, 0.25) is 0 Å². The van der Waals surface area contributed by atoms with Gasteiger partial charge in [-0.3, -0.25) is 0 Å². The fourth-order valence-electron chi connectivity index (χ4n) is 1.53. The first-order valence-electron chi connectivity index (χ1n) is 4.77. The molecule has 1 aromatic carbocycles. The van der Waals surface area contributed by atoms with Crippen LogP contribution in [0.4, 0.5) is 0 Å². The molecule has 0 saturated carbocycles. The number of benzene rings is 1. The van der Waals surface area contributed by atoms with Gasteiger partial charge in [0.1, 0.15) is 0 Å². The molecule has 1 rings (SSSR count). The quantitative estimate of drug-likeness (QED) is 0.654. The van der Waals surface area contributed by atoms with Crippen LogP contribution < -0.4 is 5.46 Å². The van der Waals surface area contributed by atoms with Gasteiger partial charge in [-0.1, -0.05) is 26.8 Å². The van der Waals surface area contributed by atoms with Crippen LogP contribution in [0.25, 0.3) is 0 Å². The molecule has 4 heteroatoms. The van der Waals surface area contributed by atoms with Gasteiger partial charge in [0, 0.05) is 0 Å². The molecule has 1 aromatic rings. The standard InChI is InChI=1S/C11H14BNO2/c1-11(2,3)9-5-4-8(7-13)6-10(9)12(14)15/h4-6,14-15H,1-3H3. The second kappa shape index (κ2) is 4.05. The van der Waals surface area contributed by atoms with Gasteiger partial charge in [-0.2, -0.15) is 5.26 Å². The lowest BCUT2D eigenvalue weighted by Gasteiger charge is -2.22. The molecule has 3 nitrogen and oxygen atoms in total. The van der Waals surface area contributed by atoms with Crippen molar-refractivity contribution in [3.8, 4) is 6.07 Å². The fraction of sp³-hybridized carbons (Fsp3) is 0.364. The number of hydrogen-bond donors (Lipinski definition) is 2. The highest BCUT2D eigenvalue weighted by Gasteiger charge is 2.24. The lowest BCUT2D eigenvalue weighted by atomic mass is 9.70. The Hall–Kier alpha value is -1.31. The molecule has 78 valence electrons. The van der Waals surface area contributed by atoms with E-state index in [0.717, 1.165) is 5.56 Å². The average Bonchev–Trinajstić information content (AvgIpc) is 2.15. The van der Waals surface area contributed by atoms with Crippen molar-refractivity contribution in [2.45, 2.75) is 26.2 Å². The molecule has 0 aliphatic heterocycles. The predicted octanol–water partition coefficient (Wildman–Crippen LogP) is 0.536. The second-order valence-corrected chi connectivity index (χ2v) is 4.54. The summed E-state index contributed by atoms with van der Waals surface area (Å²) in [6.45, 7) is 5.96. The molecule has 0 radical (unpaired) electrons. The van der Waals surface area contributed by atoms with Crippen LogP contribution in [0, 0.1) is 11.3 Å². The van der Waals surface area contributed by atoms with Gasteiger partial charge < -0.3 is 10.0 Å². The third kappa shape index (κ3) is 2.59. The summed E-state index contributed by atoms with van der Waals surface area (Å²) in [5.74, 6) is 0. The van der Waals surface area contributed by atoms with Crippen LogP contribution >= 0.6 is 0 Å². The molecule has 15 heavy (non-hydrogen) atoms. The van der Waals surface area contributed by atoms with E-state index in [9.17, 15) is 10.0 Å². The minimum absolute atomic E-state index is 0.174. The zero-order valence-corrected chi connectivity index (χ0v) is 9.15. The minimum Gasteiger partial charge on any atom is -0.423 e. The van der Waals surface area contributed by atoms with Crippen LogP contribution in [0.3, 0.4) is 0 Å². The van der Waals surface area contributed by atoms with Crippen LogP contribution in [-0.4, -0.2) is 17.2 Å². The summed E-state index contributed by atoms with van der Waals surface area (Å²) in [7, 11) is -1.53. The lowest BCUT2D eigenvalue weighted by Crippen LogP contribution is -2.37. The molecule has 0 bridgehead atoms. The van der Waals surface area contributed by atoms with Crippen LogP contribution in [0.15, 0.2) is 18.2 Å². The van der Waals surface area contributed by atoms with E-state index in [0.29, 0.717) is 11.0 Å². The molecule has 0 heterocycles. The Kier molecular flexibility index (Phi) is 3.18. The average molecular weight is 203 g/mol. The molecule has 0 saturated heterocycles. The van der Waals surface area contributed by atoms with E-state index in [-0.39, 0.29) is 5.41 Å². The summed E-state index contributed by atoms with van der Waals surface area (Å²) in [5.41, 5.74) is 1.51. The Morgan fingerprint density at radius 1 is 1.27 bits per heavy atom. The smallest absolute Gasteiger partial charge is 0.423 e. The topological polar surface area (TPSA) is 64.2 Å². The maximum Gasteiger partial charge on any atom is 0.488 e. The molecule has 0 unspecified atom stereocenters. The van der Waals surface area contributed by atoms with E-state index >= 15 is 0 Å². The summed E-state index contributed by atoms with van der Waals surface area (Å²) >= 11 is 0. The SMILES string of the molecule is CC(C)(C)c1ccc(C#N)cc1B(O)O. The monoisotopic (exact) mass is 203 g/mol. The van der Waals surface area contributed by atoms with Gasteiger partial charge in [0.2, 0.25) is 0 Å². The Morgan fingerprint density at radius 3 is 2.27 bits per heavy atom. The largest absolute Gasteiger partial charge is 0.488 e. The van der Waals surface area contributed by atoms with Crippen molar-refractivity contribution < 1.29 is 10.0 Å². The Labute approximate surface area is 90.1 Å². The van der Waals surface area contributed by atoms with Crippen LogP contribution in [0.1, 0.15) is 31.9 Å². The maximum atomic E-state index is 9.23. The summed E-state index contributed by atoms with van der Waals surface area (Å²) in [5, 5.41) is 27.2. The van der Waals surface area contributed by atoms with Crippen molar-refractivity contribution in [3.05, 3.63) is 29.3 Å². The second-order valence-electron chi connectivity index (χ2n) is 4.54. The number of hydrogen-bond acceptors (Lipinski definition) is 3. The van der Waals surface area contributed by atoms with Gasteiger partial charge in [0.15, 0.2) is 0 Å². The molecule has 0 aromatic heterocycles. The number of nitrogens with zero attached hydrogens (tertiary/aromatic N) is 1. The zero-order chi connectivity index (χ0) is 11.6. The van der Waals surface area contributed by atoms with Crippen LogP contribution in [0.5, 0.6) is 0 Å². The Balaban J connectivity index is 3.36. The molecule has 2 N–H and O–H groups in total. The molecule has 0 aliphatic rings. The fourth-order valence-corrected chi connectivity index (χ4v) is 1.53. The number of nitriles is 1. The first kappa shape index (κ1) is 11.8. The zero-order valence-electron chi connectivity index (χ0n) is 9.15. The van der Waals surface area contributed by atoms with Gasteiger partial charge in [0.25, 0.3) is 0 Å². The van der Waals surface area contributed by atoms with Crippen molar-refractivity contribution in [1.82, 2.24) is 0 Å². The van der Waals surface area contributed by atoms with Gasteiger partial charge in [-0.25, -0.2) is 0 Å². The normalized spacial score (nSPS) is 10.9. The van der Waals surface area contributed by atoms with Gasteiger partial charge >= 0.3 is 7.12 Å². The third-order valence-corrected chi connectivity index (χ3v) is 2.27. The summed E-state index contributed by atoms with van der Waals surface area (Å²) in [6, 6.07) is 6.96. The van der Waals surface area contributed by atoms with E-state index < -0.39 is 7.12 Å². The summed E-state index contributed by atoms with van der Waals surface area (Å²) in [4.78, 5) is 0. The Morgan fingerprint density at radius 2 is 1.87 bits per heavy atom. The Bertz CT molecular complexity index is 402.